The van der Waals surface area contributed by atoms with Crippen molar-refractivity contribution in [2.45, 2.75) is 19.4 Å². The molecule has 0 unspecified atom stereocenters. The highest BCUT2D eigenvalue weighted by Crippen LogP contribution is 2.20. The van der Waals surface area contributed by atoms with Crippen LogP contribution in [0.4, 0.5) is 0 Å². The van der Waals surface area contributed by atoms with E-state index in [1.807, 2.05) is 12.3 Å². The smallest absolute Gasteiger partial charge is 0.182 e. The molecule has 2 aromatic rings. The van der Waals surface area contributed by atoms with Gasteiger partial charge >= 0.3 is 0 Å². The largest absolute Gasteiger partial charge is 0.297 e. The van der Waals surface area contributed by atoms with Crippen molar-refractivity contribution in [1.29, 1.82) is 0 Å². The van der Waals surface area contributed by atoms with Crippen LogP contribution in [-0.2, 0) is 6.54 Å². The number of nitrogens with zero attached hydrogens (tertiary/aromatic N) is 3. The van der Waals surface area contributed by atoms with Crippen LogP contribution in [0.3, 0.4) is 0 Å². The van der Waals surface area contributed by atoms with Gasteiger partial charge in [0, 0.05) is 12.7 Å². The van der Waals surface area contributed by atoms with Gasteiger partial charge in [0.25, 0.3) is 0 Å². The molecule has 1 fully saturated rings. The molecule has 1 aliphatic heterocycles. The molecular weight excluding hydrogens is 266 g/mol. The first-order valence-electron chi connectivity index (χ1n) is 5.68. The molecule has 4 heteroatoms. The number of likely N-dealkylation sites (tertiary alicyclic amines) is 1. The predicted octanol–water partition coefficient (Wildman–Crippen LogP) is 2.69. The summed E-state index contributed by atoms with van der Waals surface area (Å²) >= 11 is 3.50. The second kappa shape index (κ2) is 4.18. The number of aromatic nitrogens is 2. The summed E-state index contributed by atoms with van der Waals surface area (Å²) < 4.78 is 2.99. The van der Waals surface area contributed by atoms with Crippen molar-refractivity contribution in [1.82, 2.24) is 14.3 Å². The number of pyridine rings is 1. The minimum atomic E-state index is 0.900. The molecule has 0 aliphatic carbocycles. The molecule has 0 aromatic carbocycles. The Kier molecular flexibility index (Phi) is 2.69. The van der Waals surface area contributed by atoms with E-state index in [-0.39, 0.29) is 0 Å². The number of hydrogen-bond acceptors (Lipinski definition) is 2. The molecule has 0 amide bonds. The lowest BCUT2D eigenvalue weighted by Gasteiger charge is -2.12. The van der Waals surface area contributed by atoms with Crippen LogP contribution in [0.25, 0.3) is 5.52 Å². The fraction of sp³-hybridized carbons (Fsp3) is 0.417. The Balaban J connectivity index is 1.96. The maximum absolute atomic E-state index is 4.59. The zero-order valence-corrected chi connectivity index (χ0v) is 10.7. The van der Waals surface area contributed by atoms with E-state index in [0.717, 1.165) is 11.3 Å². The van der Waals surface area contributed by atoms with Crippen molar-refractivity contribution in [3.05, 3.63) is 34.8 Å². The van der Waals surface area contributed by atoms with E-state index in [1.165, 1.54) is 37.1 Å². The van der Waals surface area contributed by atoms with Crippen LogP contribution in [0.5, 0.6) is 0 Å². The van der Waals surface area contributed by atoms with Gasteiger partial charge in [0.05, 0.1) is 11.2 Å². The monoisotopic (exact) mass is 279 g/mol. The zero-order chi connectivity index (χ0) is 11.0. The van der Waals surface area contributed by atoms with Crippen molar-refractivity contribution in [3.63, 3.8) is 0 Å². The van der Waals surface area contributed by atoms with Crippen LogP contribution in [0, 0.1) is 0 Å². The number of hydrogen-bond donors (Lipinski definition) is 0. The first-order valence-corrected chi connectivity index (χ1v) is 6.48. The van der Waals surface area contributed by atoms with E-state index in [2.05, 4.69) is 42.3 Å². The van der Waals surface area contributed by atoms with E-state index < -0.39 is 0 Å². The van der Waals surface area contributed by atoms with Gasteiger partial charge in [0.1, 0.15) is 0 Å². The standard InChI is InChI=1S/C12H14BrN3/c13-12-14-10(9-15-6-3-4-7-15)11-5-1-2-8-16(11)12/h1-2,5,8H,3-4,6-7,9H2. The van der Waals surface area contributed by atoms with E-state index in [9.17, 15) is 0 Å². The normalized spacial score (nSPS) is 17.3. The fourth-order valence-electron chi connectivity index (χ4n) is 2.33. The molecule has 0 atom stereocenters. The second-order valence-corrected chi connectivity index (χ2v) is 4.98. The number of imidazole rings is 1. The Morgan fingerprint density at radius 1 is 1.25 bits per heavy atom. The second-order valence-electron chi connectivity index (χ2n) is 4.27. The summed E-state index contributed by atoms with van der Waals surface area (Å²) in [6.45, 7) is 3.39. The van der Waals surface area contributed by atoms with Crippen molar-refractivity contribution < 1.29 is 0 Å². The molecular formula is C12H14BrN3. The van der Waals surface area contributed by atoms with Gasteiger partial charge in [-0.1, -0.05) is 6.07 Å². The molecule has 3 nitrogen and oxygen atoms in total. The average molecular weight is 280 g/mol. The van der Waals surface area contributed by atoms with Crippen molar-refractivity contribution in [2.75, 3.05) is 13.1 Å². The summed E-state index contributed by atoms with van der Waals surface area (Å²) in [5, 5.41) is 0. The van der Waals surface area contributed by atoms with E-state index in [1.54, 1.807) is 0 Å². The number of fused-ring (bicyclic) bond motifs is 1. The molecule has 0 N–H and O–H groups in total. The maximum Gasteiger partial charge on any atom is 0.182 e. The van der Waals surface area contributed by atoms with Crippen LogP contribution in [0.1, 0.15) is 18.5 Å². The first kappa shape index (κ1) is 10.3. The van der Waals surface area contributed by atoms with Gasteiger partial charge in [-0.25, -0.2) is 4.98 Å². The van der Waals surface area contributed by atoms with Crippen LogP contribution >= 0.6 is 15.9 Å². The lowest BCUT2D eigenvalue weighted by molar-refractivity contribution is 0.329. The summed E-state index contributed by atoms with van der Waals surface area (Å²) in [6, 6.07) is 6.22. The third kappa shape index (κ3) is 1.76. The quantitative estimate of drug-likeness (QED) is 0.843. The molecule has 0 saturated carbocycles. The third-order valence-corrected chi connectivity index (χ3v) is 3.71. The molecule has 3 rings (SSSR count). The molecule has 0 radical (unpaired) electrons. The number of rotatable bonds is 2. The summed E-state index contributed by atoms with van der Waals surface area (Å²) in [4.78, 5) is 7.07. The topological polar surface area (TPSA) is 20.5 Å². The van der Waals surface area contributed by atoms with Crippen molar-refractivity contribution in [2.24, 2.45) is 0 Å². The fourth-order valence-corrected chi connectivity index (χ4v) is 2.85. The highest BCUT2D eigenvalue weighted by atomic mass is 79.9. The van der Waals surface area contributed by atoms with Crippen molar-refractivity contribution in [3.8, 4) is 0 Å². The first-order chi connectivity index (χ1) is 7.84. The van der Waals surface area contributed by atoms with Crippen LogP contribution < -0.4 is 0 Å². The van der Waals surface area contributed by atoms with Gasteiger partial charge in [-0.15, -0.1) is 0 Å². The molecule has 2 aromatic heterocycles. The Labute approximate surface area is 103 Å². The lowest BCUT2D eigenvalue weighted by Crippen LogP contribution is -2.18. The highest BCUT2D eigenvalue weighted by molar-refractivity contribution is 9.10. The van der Waals surface area contributed by atoms with Crippen LogP contribution in [0.15, 0.2) is 29.1 Å². The van der Waals surface area contributed by atoms with E-state index in [4.69, 9.17) is 0 Å². The zero-order valence-electron chi connectivity index (χ0n) is 9.06. The Morgan fingerprint density at radius 3 is 2.88 bits per heavy atom. The Morgan fingerprint density at radius 2 is 2.06 bits per heavy atom. The number of halogens is 1. The summed E-state index contributed by atoms with van der Waals surface area (Å²) in [6.07, 6.45) is 4.69. The molecule has 84 valence electrons. The molecule has 0 bridgehead atoms. The molecule has 1 aliphatic rings. The minimum Gasteiger partial charge on any atom is -0.297 e. The van der Waals surface area contributed by atoms with Gasteiger partial charge in [-0.05, 0) is 54.0 Å². The molecule has 0 spiro atoms. The lowest BCUT2D eigenvalue weighted by atomic mass is 10.3. The summed E-state index contributed by atoms with van der Waals surface area (Å²) in [7, 11) is 0. The minimum absolute atomic E-state index is 0.900. The van der Waals surface area contributed by atoms with Crippen molar-refractivity contribution >= 4 is 21.4 Å². The maximum atomic E-state index is 4.59. The highest BCUT2D eigenvalue weighted by Gasteiger charge is 2.15. The predicted molar refractivity (Wildman–Crippen MR) is 67.4 cm³/mol. The molecule has 1 saturated heterocycles. The van der Waals surface area contributed by atoms with Gasteiger partial charge < -0.3 is 0 Å². The molecule has 3 heterocycles. The average Bonchev–Trinajstić information content (AvgIpc) is 2.90. The van der Waals surface area contributed by atoms with E-state index in [0.29, 0.717) is 0 Å². The molecule has 16 heavy (non-hydrogen) atoms. The third-order valence-electron chi connectivity index (χ3n) is 3.15. The Hall–Kier alpha value is -0.870. The summed E-state index contributed by atoms with van der Waals surface area (Å²) in [5.41, 5.74) is 2.38. The van der Waals surface area contributed by atoms with Gasteiger partial charge in [0.15, 0.2) is 4.73 Å². The van der Waals surface area contributed by atoms with Gasteiger partial charge in [-0.3, -0.25) is 9.30 Å². The van der Waals surface area contributed by atoms with Crippen LogP contribution in [-0.4, -0.2) is 27.4 Å². The Bertz CT molecular complexity index is 500. The van der Waals surface area contributed by atoms with E-state index >= 15 is 0 Å². The van der Waals surface area contributed by atoms with Gasteiger partial charge in [-0.2, -0.15) is 0 Å². The summed E-state index contributed by atoms with van der Waals surface area (Å²) in [5.74, 6) is 0. The van der Waals surface area contributed by atoms with Gasteiger partial charge in [0.2, 0.25) is 0 Å². The SMILES string of the molecule is Brc1nc(CN2CCCC2)c2ccccn12. The van der Waals surface area contributed by atoms with Crippen LogP contribution in [0.2, 0.25) is 0 Å².